The highest BCUT2D eigenvalue weighted by Gasteiger charge is 2.65. The van der Waals surface area contributed by atoms with Crippen LogP contribution in [0.5, 0.6) is 0 Å². The van der Waals surface area contributed by atoms with Gasteiger partial charge in [0.2, 0.25) is 0 Å². The Labute approximate surface area is 124 Å². The van der Waals surface area contributed by atoms with E-state index in [2.05, 4.69) is 80.8 Å². The predicted molar refractivity (Wildman–Crippen MR) is 96.7 cm³/mol. The molecule has 0 rings (SSSR count). The van der Waals surface area contributed by atoms with Gasteiger partial charge in [0.1, 0.15) is 0 Å². The largest absolute Gasteiger partial charge is 0.313 e. The smallest absolute Gasteiger partial charge is 0.255 e. The molecule has 4 heteroatoms. The van der Waals surface area contributed by atoms with Crippen molar-refractivity contribution >= 4 is 24.6 Å². The molecular formula is C15H37FSi3. The van der Waals surface area contributed by atoms with Gasteiger partial charge in [-0.1, -0.05) is 80.8 Å². The van der Waals surface area contributed by atoms with E-state index in [0.717, 1.165) is 0 Å². The summed E-state index contributed by atoms with van der Waals surface area (Å²) in [5, 5.41) is -0.368. The van der Waals surface area contributed by atoms with Crippen molar-refractivity contribution in [3.8, 4) is 0 Å². The standard InChI is InChI=1S/C15H37FSi3/c1-14(2,3)19(16,15(4,5)6)13(17(7,8)9)18(10,11)12/h13H,1-12H3. The van der Waals surface area contributed by atoms with Gasteiger partial charge < -0.3 is 4.11 Å². The summed E-state index contributed by atoms with van der Waals surface area (Å²) in [5.41, 5.74) is 0. The van der Waals surface area contributed by atoms with Crippen molar-refractivity contribution in [3.05, 3.63) is 0 Å². The van der Waals surface area contributed by atoms with E-state index >= 15 is 4.11 Å². The highest BCUT2D eigenvalue weighted by molar-refractivity contribution is 7.12. The van der Waals surface area contributed by atoms with Crippen molar-refractivity contribution in [2.75, 3.05) is 0 Å². The lowest BCUT2D eigenvalue weighted by Gasteiger charge is -2.56. The maximum atomic E-state index is 16.7. The summed E-state index contributed by atoms with van der Waals surface area (Å²) in [6, 6.07) is 0. The summed E-state index contributed by atoms with van der Waals surface area (Å²) < 4.78 is 16.7. The van der Waals surface area contributed by atoms with E-state index in [1.165, 1.54) is 0 Å². The van der Waals surface area contributed by atoms with Gasteiger partial charge in [-0.25, -0.2) is 0 Å². The molecule has 19 heavy (non-hydrogen) atoms. The van der Waals surface area contributed by atoms with Crippen LogP contribution < -0.4 is 0 Å². The molecule has 0 aromatic carbocycles. The Bertz CT molecular complexity index is 282. The molecule has 0 saturated heterocycles. The predicted octanol–water partition coefficient (Wildman–Crippen LogP) is 6.63. The molecule has 0 aliphatic rings. The summed E-state index contributed by atoms with van der Waals surface area (Å²) >= 11 is 0. The fourth-order valence-electron chi connectivity index (χ4n) is 4.48. The molecule has 0 nitrogen and oxygen atoms in total. The first-order valence-electron chi connectivity index (χ1n) is 7.56. The van der Waals surface area contributed by atoms with Crippen LogP contribution in [-0.2, 0) is 0 Å². The summed E-state index contributed by atoms with van der Waals surface area (Å²) in [6.45, 7) is 27.2. The van der Waals surface area contributed by atoms with Crippen LogP contribution in [-0.4, -0.2) is 24.6 Å². The molecule has 0 radical (unpaired) electrons. The minimum atomic E-state index is -2.93. The van der Waals surface area contributed by atoms with Gasteiger partial charge in [-0.3, -0.25) is 0 Å². The summed E-state index contributed by atoms with van der Waals surface area (Å²) in [4.78, 5) is 0.396. The van der Waals surface area contributed by atoms with E-state index < -0.39 is 24.6 Å². The Hall–Kier alpha value is 0.581. The molecule has 0 fully saturated rings. The van der Waals surface area contributed by atoms with E-state index in [4.69, 9.17) is 0 Å². The minimum Gasteiger partial charge on any atom is -0.313 e. The minimum absolute atomic E-state index is 0.184. The molecule has 0 amide bonds. The topological polar surface area (TPSA) is 0 Å². The molecule has 0 spiro atoms. The first kappa shape index (κ1) is 19.6. The van der Waals surface area contributed by atoms with Gasteiger partial charge in [0.05, 0.1) is 0 Å². The van der Waals surface area contributed by atoms with Crippen LogP contribution in [0.25, 0.3) is 0 Å². The van der Waals surface area contributed by atoms with E-state index in [0.29, 0.717) is 4.79 Å². The van der Waals surface area contributed by atoms with Gasteiger partial charge in [0.15, 0.2) is 0 Å². The lowest BCUT2D eigenvalue weighted by molar-refractivity contribution is 0.513. The maximum Gasteiger partial charge on any atom is 0.255 e. The molecule has 0 aliphatic heterocycles. The second-order valence-electron chi connectivity index (χ2n) is 10.4. The highest BCUT2D eigenvalue weighted by Crippen LogP contribution is 2.61. The normalized spacial score (nSPS) is 16.1. The van der Waals surface area contributed by atoms with Crippen LogP contribution in [0.1, 0.15) is 41.5 Å². The van der Waals surface area contributed by atoms with E-state index in [1.807, 2.05) is 0 Å². The lowest BCUT2D eigenvalue weighted by atomic mass is 10.2. The first-order chi connectivity index (χ1) is 7.87. The highest BCUT2D eigenvalue weighted by atomic mass is 28.5. The molecule has 0 saturated carbocycles. The second-order valence-corrected chi connectivity index (χ2v) is 27.7. The first-order valence-corrected chi connectivity index (χ1v) is 16.7. The zero-order valence-corrected chi connectivity index (χ0v) is 18.5. The molecule has 0 bridgehead atoms. The van der Waals surface area contributed by atoms with Crippen molar-refractivity contribution in [2.45, 2.75) is 95.7 Å². The van der Waals surface area contributed by atoms with Gasteiger partial charge in [0, 0.05) is 16.1 Å². The lowest BCUT2D eigenvalue weighted by Crippen LogP contribution is -2.65. The van der Waals surface area contributed by atoms with Crippen molar-refractivity contribution < 1.29 is 4.11 Å². The van der Waals surface area contributed by atoms with Gasteiger partial charge >= 0.3 is 0 Å². The van der Waals surface area contributed by atoms with Crippen LogP contribution in [0.2, 0.25) is 54.1 Å². The Morgan fingerprint density at radius 1 is 0.632 bits per heavy atom. The third kappa shape index (κ3) is 3.82. The van der Waals surface area contributed by atoms with E-state index in [-0.39, 0.29) is 10.1 Å². The van der Waals surface area contributed by atoms with Crippen LogP contribution in [0.4, 0.5) is 4.11 Å². The number of halogens is 1. The molecule has 0 atom stereocenters. The molecule has 0 aromatic heterocycles. The molecule has 116 valence electrons. The molecule has 0 aliphatic carbocycles. The average Bonchev–Trinajstić information content (AvgIpc) is 1.92. The zero-order valence-electron chi connectivity index (χ0n) is 15.5. The molecule has 0 heterocycles. The van der Waals surface area contributed by atoms with Crippen LogP contribution in [0.15, 0.2) is 0 Å². The second kappa shape index (κ2) is 5.09. The third-order valence-electron chi connectivity index (χ3n) is 4.31. The Kier molecular flexibility index (Phi) is 5.25. The van der Waals surface area contributed by atoms with Gasteiger partial charge in [-0.2, -0.15) is 0 Å². The fraction of sp³-hybridized carbons (Fsp3) is 1.00. The maximum absolute atomic E-state index is 16.7. The quantitative estimate of drug-likeness (QED) is 0.404. The molecule has 0 N–H and O–H groups in total. The monoisotopic (exact) mass is 320 g/mol. The number of hydrogen-bond donors (Lipinski definition) is 0. The Balaban J connectivity index is 6.28. The Morgan fingerprint density at radius 2 is 0.842 bits per heavy atom. The summed E-state index contributed by atoms with van der Waals surface area (Å²) in [7, 11) is -5.99. The van der Waals surface area contributed by atoms with E-state index in [1.54, 1.807) is 0 Å². The van der Waals surface area contributed by atoms with Crippen molar-refractivity contribution in [3.63, 3.8) is 0 Å². The fourth-order valence-corrected chi connectivity index (χ4v) is 33.6. The zero-order chi connectivity index (χ0) is 16.1. The van der Waals surface area contributed by atoms with Crippen LogP contribution in [0.3, 0.4) is 0 Å². The Morgan fingerprint density at radius 3 is 0.895 bits per heavy atom. The van der Waals surface area contributed by atoms with Crippen molar-refractivity contribution in [1.29, 1.82) is 0 Å². The molecular weight excluding hydrogens is 283 g/mol. The van der Waals surface area contributed by atoms with Crippen LogP contribution >= 0.6 is 0 Å². The van der Waals surface area contributed by atoms with Gasteiger partial charge in [0.25, 0.3) is 8.41 Å². The molecule has 0 aromatic rings. The summed E-state index contributed by atoms with van der Waals surface area (Å²) in [5.74, 6) is 0. The van der Waals surface area contributed by atoms with Crippen molar-refractivity contribution in [2.24, 2.45) is 0 Å². The van der Waals surface area contributed by atoms with Gasteiger partial charge in [-0.15, -0.1) is 0 Å². The van der Waals surface area contributed by atoms with Crippen LogP contribution in [0, 0.1) is 0 Å². The molecule has 0 unspecified atom stereocenters. The average molecular weight is 321 g/mol. The van der Waals surface area contributed by atoms with E-state index in [9.17, 15) is 0 Å². The number of rotatable bonds is 3. The third-order valence-corrected chi connectivity index (χ3v) is 25.7. The number of hydrogen-bond acceptors (Lipinski definition) is 0. The van der Waals surface area contributed by atoms with Gasteiger partial charge in [-0.05, 0) is 14.9 Å². The van der Waals surface area contributed by atoms with Crippen molar-refractivity contribution in [1.82, 2.24) is 0 Å². The SMILES string of the molecule is CC(C)(C)[Si](F)(C([Si](C)(C)C)[Si](C)(C)C)C(C)(C)C. The summed E-state index contributed by atoms with van der Waals surface area (Å²) in [6.07, 6.45) is 0.